The van der Waals surface area contributed by atoms with Crippen LogP contribution in [0.15, 0.2) is 45.9 Å². The summed E-state index contributed by atoms with van der Waals surface area (Å²) in [4.78, 5) is 4.19. The molecule has 1 heterocycles. The summed E-state index contributed by atoms with van der Waals surface area (Å²) in [5.74, 6) is 0.457. The molecular weight excluding hydrogens is 381 g/mol. The lowest BCUT2D eigenvalue weighted by molar-refractivity contribution is -0.138. The second-order valence-electron chi connectivity index (χ2n) is 4.46. The van der Waals surface area contributed by atoms with Crippen molar-refractivity contribution in [1.29, 1.82) is 0 Å². The van der Waals surface area contributed by atoms with Crippen molar-refractivity contribution >= 4 is 32.9 Å². The van der Waals surface area contributed by atoms with E-state index < -0.39 is 22.9 Å². The second-order valence-corrected chi connectivity index (χ2v) is 6.69. The van der Waals surface area contributed by atoms with E-state index in [2.05, 4.69) is 26.2 Å². The number of pyridine rings is 1. The molecule has 0 radical (unpaired) electrons. The fourth-order valence-corrected chi connectivity index (χ4v) is 2.79. The van der Waals surface area contributed by atoms with Gasteiger partial charge in [0.15, 0.2) is 4.90 Å². The standard InChI is InChI=1S/C14H12BrF3N2OS/c1-22(21)10-5-4-9(11(7-10)14(16,17)18)8-20-13-12(15)3-2-6-19-13/h2-7H,8H2,1H3,(H,19,20). The molecule has 1 aromatic heterocycles. The summed E-state index contributed by atoms with van der Waals surface area (Å²) in [5.41, 5.74) is -0.723. The molecule has 3 nitrogen and oxygen atoms in total. The predicted molar refractivity (Wildman–Crippen MR) is 83.0 cm³/mol. The van der Waals surface area contributed by atoms with Crippen molar-refractivity contribution in [2.24, 2.45) is 0 Å². The first-order valence-electron chi connectivity index (χ1n) is 6.17. The Bertz CT molecular complexity index is 665. The van der Waals surface area contributed by atoms with Gasteiger partial charge >= 0.3 is 6.18 Å². The molecule has 0 bridgehead atoms. The maximum atomic E-state index is 13.1. The highest BCUT2D eigenvalue weighted by Gasteiger charge is 2.34. The zero-order chi connectivity index (χ0) is 16.3. The van der Waals surface area contributed by atoms with Gasteiger partial charge < -0.3 is 9.87 Å². The highest BCUT2D eigenvalue weighted by molar-refractivity contribution is 9.10. The van der Waals surface area contributed by atoms with Crippen LogP contribution < -0.4 is 5.32 Å². The van der Waals surface area contributed by atoms with Gasteiger partial charge in [-0.15, -0.1) is 0 Å². The largest absolute Gasteiger partial charge is 0.612 e. The van der Waals surface area contributed by atoms with Crippen molar-refractivity contribution in [1.82, 2.24) is 4.98 Å². The van der Waals surface area contributed by atoms with E-state index in [1.807, 2.05) is 0 Å². The monoisotopic (exact) mass is 392 g/mol. The van der Waals surface area contributed by atoms with E-state index in [9.17, 15) is 17.7 Å². The quantitative estimate of drug-likeness (QED) is 0.792. The Kier molecular flexibility index (Phi) is 5.36. The average Bonchev–Trinajstić information content (AvgIpc) is 2.45. The van der Waals surface area contributed by atoms with Gasteiger partial charge in [-0.1, -0.05) is 6.07 Å². The van der Waals surface area contributed by atoms with E-state index >= 15 is 0 Å². The van der Waals surface area contributed by atoms with E-state index in [1.54, 1.807) is 18.3 Å². The lowest BCUT2D eigenvalue weighted by Gasteiger charge is -2.15. The molecule has 1 aromatic carbocycles. The van der Waals surface area contributed by atoms with Crippen LogP contribution in [0.4, 0.5) is 19.0 Å². The fourth-order valence-electron chi connectivity index (χ4n) is 1.85. The first kappa shape index (κ1) is 17.1. The van der Waals surface area contributed by atoms with Crippen LogP contribution in [-0.2, 0) is 23.9 Å². The minimum Gasteiger partial charge on any atom is -0.612 e. The molecule has 1 N–H and O–H groups in total. The maximum Gasteiger partial charge on any atom is 0.416 e. The average molecular weight is 393 g/mol. The van der Waals surface area contributed by atoms with Gasteiger partial charge in [0.25, 0.3) is 0 Å². The Morgan fingerprint density at radius 2 is 2.05 bits per heavy atom. The van der Waals surface area contributed by atoms with Crippen LogP contribution in [0.2, 0.25) is 0 Å². The zero-order valence-corrected chi connectivity index (χ0v) is 13.8. The van der Waals surface area contributed by atoms with E-state index in [-0.39, 0.29) is 17.0 Å². The number of aromatic nitrogens is 1. The van der Waals surface area contributed by atoms with Crippen molar-refractivity contribution < 1.29 is 17.7 Å². The number of nitrogens with one attached hydrogen (secondary N) is 1. The van der Waals surface area contributed by atoms with Gasteiger partial charge in [0, 0.05) is 18.8 Å². The number of benzene rings is 1. The summed E-state index contributed by atoms with van der Waals surface area (Å²) in [5, 5.41) is 2.86. The van der Waals surface area contributed by atoms with Crippen LogP contribution >= 0.6 is 15.9 Å². The molecule has 118 valence electrons. The van der Waals surface area contributed by atoms with E-state index in [0.717, 1.165) is 6.07 Å². The highest BCUT2D eigenvalue weighted by atomic mass is 79.9. The molecule has 22 heavy (non-hydrogen) atoms. The minimum absolute atomic E-state index is 0.0406. The number of rotatable bonds is 4. The maximum absolute atomic E-state index is 13.1. The molecule has 2 aromatic rings. The van der Waals surface area contributed by atoms with E-state index in [0.29, 0.717) is 10.3 Å². The summed E-state index contributed by atoms with van der Waals surface area (Å²) in [7, 11) is 0. The van der Waals surface area contributed by atoms with Crippen LogP contribution in [0.1, 0.15) is 11.1 Å². The molecule has 0 spiro atoms. The molecule has 0 saturated heterocycles. The molecule has 0 aliphatic rings. The Morgan fingerprint density at radius 3 is 2.64 bits per heavy atom. The van der Waals surface area contributed by atoms with Gasteiger partial charge in [-0.3, -0.25) is 0 Å². The lowest BCUT2D eigenvalue weighted by atomic mass is 10.1. The van der Waals surface area contributed by atoms with E-state index in [1.165, 1.54) is 18.4 Å². The van der Waals surface area contributed by atoms with Crippen molar-refractivity contribution in [2.45, 2.75) is 17.6 Å². The second kappa shape index (κ2) is 6.89. The minimum atomic E-state index is -4.51. The third-order valence-electron chi connectivity index (χ3n) is 2.92. The summed E-state index contributed by atoms with van der Waals surface area (Å²) in [6, 6.07) is 7.16. The van der Waals surface area contributed by atoms with Gasteiger partial charge in [-0.2, -0.15) is 13.2 Å². The summed E-state index contributed by atoms with van der Waals surface area (Å²) < 4.78 is 51.5. The SMILES string of the molecule is C[S+]([O-])c1ccc(CNc2ncccc2Br)c(C(F)(F)F)c1. The Morgan fingerprint density at radius 1 is 1.32 bits per heavy atom. The van der Waals surface area contributed by atoms with Gasteiger partial charge in [0.2, 0.25) is 0 Å². The van der Waals surface area contributed by atoms with Gasteiger partial charge in [0.05, 0.1) is 10.0 Å². The smallest absolute Gasteiger partial charge is 0.416 e. The first-order valence-corrected chi connectivity index (χ1v) is 8.52. The van der Waals surface area contributed by atoms with Crippen molar-refractivity contribution in [3.05, 3.63) is 52.1 Å². The van der Waals surface area contributed by atoms with Gasteiger partial charge in [-0.25, -0.2) is 4.98 Å². The van der Waals surface area contributed by atoms with Crippen molar-refractivity contribution in [2.75, 3.05) is 11.6 Å². The van der Waals surface area contributed by atoms with Crippen LogP contribution in [0.5, 0.6) is 0 Å². The molecule has 1 atom stereocenters. The number of anilines is 1. The predicted octanol–water partition coefficient (Wildman–Crippen LogP) is 4.21. The zero-order valence-electron chi connectivity index (χ0n) is 11.4. The summed E-state index contributed by atoms with van der Waals surface area (Å²) in [6.07, 6.45) is -1.62. The third kappa shape index (κ3) is 4.15. The number of halogens is 4. The number of hydrogen-bond acceptors (Lipinski definition) is 3. The van der Waals surface area contributed by atoms with Gasteiger partial charge in [-0.05, 0) is 50.9 Å². The molecular formula is C14H12BrF3N2OS. The highest BCUT2D eigenvalue weighted by Crippen LogP contribution is 2.34. The summed E-state index contributed by atoms with van der Waals surface area (Å²) in [6.45, 7) is -0.0406. The molecule has 0 saturated carbocycles. The number of nitrogens with zero attached hydrogens (tertiary/aromatic N) is 1. The topological polar surface area (TPSA) is 48.0 Å². The van der Waals surface area contributed by atoms with Crippen LogP contribution in [-0.4, -0.2) is 15.8 Å². The summed E-state index contributed by atoms with van der Waals surface area (Å²) >= 11 is 1.80. The molecule has 0 fully saturated rings. The normalized spacial score (nSPS) is 13.0. The van der Waals surface area contributed by atoms with E-state index in [4.69, 9.17) is 0 Å². The van der Waals surface area contributed by atoms with Crippen LogP contribution in [0, 0.1) is 0 Å². The molecule has 1 unspecified atom stereocenters. The van der Waals surface area contributed by atoms with Crippen LogP contribution in [0.3, 0.4) is 0 Å². The Labute approximate surface area is 137 Å². The Hall–Kier alpha value is -1.25. The number of hydrogen-bond donors (Lipinski definition) is 1. The molecule has 0 aliphatic carbocycles. The van der Waals surface area contributed by atoms with Crippen molar-refractivity contribution in [3.8, 4) is 0 Å². The lowest BCUT2D eigenvalue weighted by Crippen LogP contribution is -2.14. The molecule has 0 aliphatic heterocycles. The molecule has 0 amide bonds. The molecule has 2 rings (SSSR count). The Balaban J connectivity index is 2.29. The van der Waals surface area contributed by atoms with Crippen LogP contribution in [0.25, 0.3) is 0 Å². The number of alkyl halides is 3. The third-order valence-corrected chi connectivity index (χ3v) is 4.48. The first-order chi connectivity index (χ1) is 10.3. The molecule has 8 heteroatoms. The fraction of sp³-hybridized carbons (Fsp3) is 0.214. The van der Waals surface area contributed by atoms with Gasteiger partial charge in [0.1, 0.15) is 12.1 Å². The van der Waals surface area contributed by atoms with Crippen molar-refractivity contribution in [3.63, 3.8) is 0 Å².